The first-order valence-corrected chi connectivity index (χ1v) is 7.78. The number of rotatable bonds is 9. The molecule has 0 radical (unpaired) electrons. The Kier molecular flexibility index (Phi) is 6.02. The molecular formula is C17H29N3. The molecule has 0 atom stereocenters. The number of hydrogen-bond donors (Lipinski definition) is 1. The highest BCUT2D eigenvalue weighted by Crippen LogP contribution is 2.19. The van der Waals surface area contributed by atoms with Crippen molar-refractivity contribution >= 4 is 0 Å². The Labute approximate surface area is 124 Å². The second-order valence-electron chi connectivity index (χ2n) is 6.37. The molecule has 20 heavy (non-hydrogen) atoms. The quantitative estimate of drug-likeness (QED) is 0.746. The lowest BCUT2D eigenvalue weighted by Gasteiger charge is -2.18. The van der Waals surface area contributed by atoms with Crippen molar-refractivity contribution in [2.75, 3.05) is 34.2 Å². The molecule has 0 bridgehead atoms. The molecule has 112 valence electrons. The minimum atomic E-state index is 0.789. The molecule has 0 aromatic heterocycles. The summed E-state index contributed by atoms with van der Waals surface area (Å²) in [5.74, 6) is 0. The zero-order valence-corrected chi connectivity index (χ0v) is 13.2. The monoisotopic (exact) mass is 275 g/mol. The lowest BCUT2D eigenvalue weighted by molar-refractivity contribution is 0.294. The highest BCUT2D eigenvalue weighted by molar-refractivity contribution is 5.22. The normalized spacial score (nSPS) is 15.2. The smallest absolute Gasteiger partial charge is 0.0230 e. The number of nitrogens with zero attached hydrogens (tertiary/aromatic N) is 2. The van der Waals surface area contributed by atoms with E-state index >= 15 is 0 Å². The SMILES string of the molecule is CN(C)CCCN(C)Cc1ccc(CNC2CC2)cc1. The van der Waals surface area contributed by atoms with Crippen LogP contribution in [0, 0.1) is 0 Å². The average molecular weight is 275 g/mol. The zero-order chi connectivity index (χ0) is 14.4. The van der Waals surface area contributed by atoms with Crippen LogP contribution in [0.25, 0.3) is 0 Å². The summed E-state index contributed by atoms with van der Waals surface area (Å²) in [6, 6.07) is 9.85. The van der Waals surface area contributed by atoms with Crippen LogP contribution >= 0.6 is 0 Å². The summed E-state index contributed by atoms with van der Waals surface area (Å²) in [6.45, 7) is 4.38. The zero-order valence-electron chi connectivity index (χ0n) is 13.2. The van der Waals surface area contributed by atoms with Crippen molar-refractivity contribution in [1.82, 2.24) is 15.1 Å². The van der Waals surface area contributed by atoms with Crippen molar-refractivity contribution in [3.05, 3.63) is 35.4 Å². The van der Waals surface area contributed by atoms with Gasteiger partial charge in [-0.2, -0.15) is 0 Å². The number of hydrogen-bond acceptors (Lipinski definition) is 3. The molecule has 1 aliphatic carbocycles. The van der Waals surface area contributed by atoms with Crippen molar-refractivity contribution < 1.29 is 0 Å². The molecule has 0 aliphatic heterocycles. The fraction of sp³-hybridized carbons (Fsp3) is 0.647. The Morgan fingerprint density at radius 2 is 1.65 bits per heavy atom. The summed E-state index contributed by atoms with van der Waals surface area (Å²) in [5.41, 5.74) is 2.81. The van der Waals surface area contributed by atoms with Gasteiger partial charge in [0.15, 0.2) is 0 Å². The molecule has 1 saturated carbocycles. The van der Waals surface area contributed by atoms with Crippen molar-refractivity contribution in [2.45, 2.75) is 38.4 Å². The molecule has 1 aliphatic rings. The van der Waals surface area contributed by atoms with E-state index in [-0.39, 0.29) is 0 Å². The third-order valence-electron chi connectivity index (χ3n) is 3.79. The van der Waals surface area contributed by atoms with Gasteiger partial charge in [0, 0.05) is 19.1 Å². The Bertz CT molecular complexity index is 382. The van der Waals surface area contributed by atoms with Crippen LogP contribution in [0.1, 0.15) is 30.4 Å². The second-order valence-corrected chi connectivity index (χ2v) is 6.37. The van der Waals surface area contributed by atoms with Gasteiger partial charge in [0.2, 0.25) is 0 Å². The highest BCUT2D eigenvalue weighted by Gasteiger charge is 2.19. The maximum absolute atomic E-state index is 3.56. The van der Waals surface area contributed by atoms with Gasteiger partial charge in [0.05, 0.1) is 0 Å². The van der Waals surface area contributed by atoms with Crippen LogP contribution in [0.2, 0.25) is 0 Å². The Balaban J connectivity index is 1.68. The Hall–Kier alpha value is -0.900. The molecule has 0 spiro atoms. The van der Waals surface area contributed by atoms with Crippen LogP contribution in [-0.4, -0.2) is 50.1 Å². The lowest BCUT2D eigenvalue weighted by Crippen LogP contribution is -2.23. The molecule has 3 nitrogen and oxygen atoms in total. The van der Waals surface area contributed by atoms with Gasteiger partial charge in [-0.15, -0.1) is 0 Å². The fourth-order valence-electron chi connectivity index (χ4n) is 2.36. The number of nitrogens with one attached hydrogen (secondary N) is 1. The molecular weight excluding hydrogens is 246 g/mol. The largest absolute Gasteiger partial charge is 0.310 e. The fourth-order valence-corrected chi connectivity index (χ4v) is 2.36. The summed E-state index contributed by atoms with van der Waals surface area (Å²) >= 11 is 0. The minimum absolute atomic E-state index is 0.789. The summed E-state index contributed by atoms with van der Waals surface area (Å²) < 4.78 is 0. The summed E-state index contributed by atoms with van der Waals surface area (Å²) in [4.78, 5) is 4.65. The molecule has 1 N–H and O–H groups in total. The molecule has 1 aromatic carbocycles. The van der Waals surface area contributed by atoms with Crippen LogP contribution in [-0.2, 0) is 13.1 Å². The average Bonchev–Trinajstić information content (AvgIpc) is 3.21. The van der Waals surface area contributed by atoms with Crippen LogP contribution in [0.3, 0.4) is 0 Å². The molecule has 2 rings (SSSR count). The third-order valence-corrected chi connectivity index (χ3v) is 3.79. The minimum Gasteiger partial charge on any atom is -0.310 e. The van der Waals surface area contributed by atoms with E-state index in [2.05, 4.69) is 60.5 Å². The molecule has 1 aromatic rings. The van der Waals surface area contributed by atoms with Crippen molar-refractivity contribution in [2.24, 2.45) is 0 Å². The predicted octanol–water partition coefficient (Wildman–Crippen LogP) is 2.32. The van der Waals surface area contributed by atoms with Crippen molar-refractivity contribution in [3.63, 3.8) is 0 Å². The van der Waals surface area contributed by atoms with E-state index in [0.29, 0.717) is 0 Å². The molecule has 0 unspecified atom stereocenters. The second kappa shape index (κ2) is 7.77. The summed E-state index contributed by atoms with van der Waals surface area (Å²) in [5, 5.41) is 3.56. The van der Waals surface area contributed by atoms with Crippen LogP contribution < -0.4 is 5.32 Å². The highest BCUT2D eigenvalue weighted by atomic mass is 15.1. The number of benzene rings is 1. The van der Waals surface area contributed by atoms with Crippen LogP contribution in [0.5, 0.6) is 0 Å². The standard InChI is InChI=1S/C17H29N3/c1-19(2)11-4-12-20(3)14-16-7-5-15(6-8-16)13-18-17-9-10-17/h5-8,17-18H,4,9-14H2,1-3H3. The first-order valence-electron chi connectivity index (χ1n) is 7.78. The van der Waals surface area contributed by atoms with Crippen LogP contribution in [0.4, 0.5) is 0 Å². The van der Waals surface area contributed by atoms with Crippen molar-refractivity contribution in [3.8, 4) is 0 Å². The van der Waals surface area contributed by atoms with Crippen LogP contribution in [0.15, 0.2) is 24.3 Å². The molecule has 0 heterocycles. The first kappa shape index (κ1) is 15.5. The lowest BCUT2D eigenvalue weighted by atomic mass is 10.1. The van der Waals surface area contributed by atoms with Gasteiger partial charge < -0.3 is 15.1 Å². The van der Waals surface area contributed by atoms with E-state index in [1.165, 1.54) is 30.4 Å². The Morgan fingerprint density at radius 1 is 1.00 bits per heavy atom. The predicted molar refractivity (Wildman–Crippen MR) is 85.8 cm³/mol. The van der Waals surface area contributed by atoms with Gasteiger partial charge in [-0.25, -0.2) is 0 Å². The summed E-state index contributed by atoms with van der Waals surface area (Å²) in [7, 11) is 6.47. The van der Waals surface area contributed by atoms with E-state index in [1.807, 2.05) is 0 Å². The van der Waals surface area contributed by atoms with E-state index < -0.39 is 0 Å². The van der Waals surface area contributed by atoms with Gasteiger partial charge >= 0.3 is 0 Å². The topological polar surface area (TPSA) is 18.5 Å². The maximum Gasteiger partial charge on any atom is 0.0230 e. The first-order chi connectivity index (χ1) is 9.63. The van der Waals surface area contributed by atoms with Crippen molar-refractivity contribution in [1.29, 1.82) is 0 Å². The van der Waals surface area contributed by atoms with Gasteiger partial charge in [0.25, 0.3) is 0 Å². The maximum atomic E-state index is 3.56. The van der Waals surface area contributed by atoms with Gasteiger partial charge in [0.1, 0.15) is 0 Å². The molecule has 3 heteroatoms. The van der Waals surface area contributed by atoms with E-state index in [4.69, 9.17) is 0 Å². The third kappa shape index (κ3) is 6.04. The van der Waals surface area contributed by atoms with Gasteiger partial charge in [-0.05, 0) is 64.6 Å². The summed E-state index contributed by atoms with van der Waals surface area (Å²) in [6.07, 6.45) is 3.94. The van der Waals surface area contributed by atoms with E-state index in [0.717, 1.165) is 32.2 Å². The van der Waals surface area contributed by atoms with E-state index in [9.17, 15) is 0 Å². The van der Waals surface area contributed by atoms with Gasteiger partial charge in [-0.1, -0.05) is 24.3 Å². The molecule has 0 amide bonds. The van der Waals surface area contributed by atoms with Gasteiger partial charge in [-0.3, -0.25) is 0 Å². The molecule has 0 saturated heterocycles. The van der Waals surface area contributed by atoms with E-state index in [1.54, 1.807) is 0 Å². The molecule has 1 fully saturated rings. The Morgan fingerprint density at radius 3 is 2.25 bits per heavy atom.